The summed E-state index contributed by atoms with van der Waals surface area (Å²) in [5, 5.41) is 3.18. The fraction of sp³-hybridized carbons (Fsp3) is 0.944. The monoisotopic (exact) mass is 310 g/mol. The average molecular weight is 310 g/mol. The van der Waals surface area contributed by atoms with E-state index in [4.69, 9.17) is 4.74 Å². The number of nitrogens with zero attached hydrogens (tertiary/aromatic N) is 1. The quantitative estimate of drug-likeness (QED) is 0.843. The van der Waals surface area contributed by atoms with Crippen molar-refractivity contribution in [1.29, 1.82) is 0 Å². The Morgan fingerprint density at radius 2 is 1.73 bits per heavy atom. The molecule has 22 heavy (non-hydrogen) atoms. The van der Waals surface area contributed by atoms with E-state index in [1.54, 1.807) is 0 Å². The second-order valence-corrected chi connectivity index (χ2v) is 8.00. The molecule has 2 heterocycles. The second kappa shape index (κ2) is 8.19. The van der Waals surface area contributed by atoms with Gasteiger partial charge in [0.1, 0.15) is 0 Å². The van der Waals surface area contributed by atoms with Gasteiger partial charge >= 0.3 is 6.03 Å². The van der Waals surface area contributed by atoms with Crippen LogP contribution in [-0.4, -0.2) is 43.3 Å². The van der Waals surface area contributed by atoms with E-state index in [1.807, 2.05) is 4.90 Å². The topological polar surface area (TPSA) is 41.6 Å². The van der Waals surface area contributed by atoms with Crippen molar-refractivity contribution in [2.75, 3.05) is 26.2 Å². The van der Waals surface area contributed by atoms with E-state index in [-0.39, 0.29) is 17.6 Å². The maximum Gasteiger partial charge on any atom is 0.317 e. The first-order chi connectivity index (χ1) is 10.5. The van der Waals surface area contributed by atoms with Gasteiger partial charge in [-0.05, 0) is 31.1 Å². The molecule has 2 fully saturated rings. The molecule has 1 N–H and O–H groups in total. The first-order valence-electron chi connectivity index (χ1n) is 9.13. The summed E-state index contributed by atoms with van der Waals surface area (Å²) in [5.74, 6) is 0.437. The molecule has 2 saturated heterocycles. The van der Waals surface area contributed by atoms with Crippen LogP contribution in [-0.2, 0) is 4.74 Å². The number of hydrogen-bond donors (Lipinski definition) is 1. The minimum atomic E-state index is 0.125. The first kappa shape index (κ1) is 17.6. The Kier molecular flexibility index (Phi) is 6.54. The molecule has 0 aromatic rings. The molecule has 2 aliphatic heterocycles. The molecule has 0 radical (unpaired) electrons. The molecule has 128 valence electrons. The van der Waals surface area contributed by atoms with Gasteiger partial charge in [0.05, 0.1) is 6.10 Å². The normalized spacial score (nSPS) is 27.9. The van der Waals surface area contributed by atoms with Gasteiger partial charge in [-0.1, -0.05) is 40.0 Å². The lowest BCUT2D eigenvalue weighted by Gasteiger charge is -2.40. The van der Waals surface area contributed by atoms with E-state index in [0.717, 1.165) is 51.9 Å². The fourth-order valence-corrected chi connectivity index (χ4v) is 3.79. The lowest BCUT2D eigenvalue weighted by molar-refractivity contribution is -0.0839. The van der Waals surface area contributed by atoms with E-state index in [0.29, 0.717) is 5.92 Å². The van der Waals surface area contributed by atoms with E-state index >= 15 is 0 Å². The summed E-state index contributed by atoms with van der Waals surface area (Å²) in [6, 6.07) is 0.125. The van der Waals surface area contributed by atoms with Gasteiger partial charge in [0.2, 0.25) is 0 Å². The highest BCUT2D eigenvalue weighted by molar-refractivity contribution is 5.74. The van der Waals surface area contributed by atoms with Crippen molar-refractivity contribution in [3.05, 3.63) is 0 Å². The first-order valence-corrected chi connectivity index (χ1v) is 9.13. The molecule has 0 bridgehead atoms. The highest BCUT2D eigenvalue weighted by Gasteiger charge is 2.35. The van der Waals surface area contributed by atoms with Crippen molar-refractivity contribution < 1.29 is 9.53 Å². The summed E-state index contributed by atoms with van der Waals surface area (Å²) < 4.78 is 6.00. The Balaban J connectivity index is 1.83. The standard InChI is InChI=1S/C18H34N2O2/c1-18(2,3)16-15(10-9-13-22-16)14-19-17(21)20-11-7-5-4-6-8-12-20/h15-16H,4-14H2,1-3H3,(H,19,21)/t15-,16-/m0/s1. The van der Waals surface area contributed by atoms with E-state index in [9.17, 15) is 4.79 Å². The van der Waals surface area contributed by atoms with Crippen molar-refractivity contribution in [1.82, 2.24) is 10.2 Å². The molecule has 0 aromatic heterocycles. The maximum absolute atomic E-state index is 12.4. The number of nitrogens with one attached hydrogen (secondary N) is 1. The number of ether oxygens (including phenoxy) is 1. The van der Waals surface area contributed by atoms with Crippen molar-refractivity contribution in [3.8, 4) is 0 Å². The summed E-state index contributed by atoms with van der Waals surface area (Å²) in [7, 11) is 0. The van der Waals surface area contributed by atoms with Crippen LogP contribution in [0.25, 0.3) is 0 Å². The van der Waals surface area contributed by atoms with E-state index in [1.165, 1.54) is 19.3 Å². The minimum absolute atomic E-state index is 0.125. The van der Waals surface area contributed by atoms with Crippen molar-refractivity contribution in [2.24, 2.45) is 11.3 Å². The summed E-state index contributed by atoms with van der Waals surface area (Å²) >= 11 is 0. The Bertz CT molecular complexity index is 343. The molecular weight excluding hydrogens is 276 g/mol. The van der Waals surface area contributed by atoms with Crippen LogP contribution in [0.2, 0.25) is 0 Å². The van der Waals surface area contributed by atoms with Gasteiger partial charge in [-0.15, -0.1) is 0 Å². The molecule has 0 saturated carbocycles. The van der Waals surface area contributed by atoms with Gasteiger partial charge in [-0.2, -0.15) is 0 Å². The third kappa shape index (κ3) is 5.15. The van der Waals surface area contributed by atoms with Gasteiger partial charge in [-0.25, -0.2) is 4.79 Å². The van der Waals surface area contributed by atoms with Crippen molar-refractivity contribution in [2.45, 2.75) is 71.8 Å². The third-order valence-corrected chi connectivity index (χ3v) is 4.96. The summed E-state index contributed by atoms with van der Waals surface area (Å²) in [5.41, 5.74) is 0.135. The highest BCUT2D eigenvalue weighted by Crippen LogP contribution is 2.33. The lowest BCUT2D eigenvalue weighted by Crippen LogP contribution is -2.48. The average Bonchev–Trinajstić information content (AvgIpc) is 2.44. The maximum atomic E-state index is 12.4. The van der Waals surface area contributed by atoms with Crippen molar-refractivity contribution in [3.63, 3.8) is 0 Å². The van der Waals surface area contributed by atoms with Crippen LogP contribution in [0.1, 0.15) is 65.7 Å². The molecule has 0 unspecified atom stereocenters. The van der Waals surface area contributed by atoms with Gasteiger partial charge in [0.25, 0.3) is 0 Å². The zero-order valence-electron chi connectivity index (χ0n) is 14.7. The summed E-state index contributed by atoms with van der Waals surface area (Å²) in [6.45, 7) is 10.1. The molecule has 4 nitrogen and oxygen atoms in total. The van der Waals surface area contributed by atoms with Crippen LogP contribution in [0, 0.1) is 11.3 Å². The number of hydrogen-bond acceptors (Lipinski definition) is 2. The molecule has 2 atom stereocenters. The minimum Gasteiger partial charge on any atom is -0.377 e. The Morgan fingerprint density at radius 3 is 2.36 bits per heavy atom. The Labute approximate surface area is 136 Å². The van der Waals surface area contributed by atoms with Crippen LogP contribution >= 0.6 is 0 Å². The second-order valence-electron chi connectivity index (χ2n) is 8.00. The number of carbonyl (C=O) groups is 1. The molecule has 2 rings (SSSR count). The smallest absolute Gasteiger partial charge is 0.317 e. The number of urea groups is 1. The van der Waals surface area contributed by atoms with Crippen molar-refractivity contribution >= 4 is 6.03 Å². The molecule has 4 heteroatoms. The zero-order chi connectivity index (χ0) is 16.0. The Morgan fingerprint density at radius 1 is 1.09 bits per heavy atom. The SMILES string of the molecule is CC(C)(C)[C@H]1OCCC[C@H]1CNC(=O)N1CCCCCCC1. The number of amides is 2. The van der Waals surface area contributed by atoms with Crippen LogP contribution < -0.4 is 5.32 Å². The Hall–Kier alpha value is -0.770. The van der Waals surface area contributed by atoms with Gasteiger partial charge in [0.15, 0.2) is 0 Å². The lowest BCUT2D eigenvalue weighted by atomic mass is 9.78. The fourth-order valence-electron chi connectivity index (χ4n) is 3.79. The van der Waals surface area contributed by atoms with Crippen LogP contribution in [0.5, 0.6) is 0 Å². The molecular formula is C18H34N2O2. The van der Waals surface area contributed by atoms with Crippen LogP contribution in [0.4, 0.5) is 4.79 Å². The summed E-state index contributed by atoms with van der Waals surface area (Å²) in [6.07, 6.45) is 8.63. The van der Waals surface area contributed by atoms with Gasteiger partial charge < -0.3 is 15.0 Å². The molecule has 2 amide bonds. The third-order valence-electron chi connectivity index (χ3n) is 4.96. The van der Waals surface area contributed by atoms with E-state index < -0.39 is 0 Å². The number of likely N-dealkylation sites (tertiary alicyclic amines) is 1. The molecule has 0 aliphatic carbocycles. The van der Waals surface area contributed by atoms with Gasteiger partial charge in [-0.3, -0.25) is 0 Å². The highest BCUT2D eigenvalue weighted by atomic mass is 16.5. The number of carbonyl (C=O) groups excluding carboxylic acids is 1. The van der Waals surface area contributed by atoms with Crippen LogP contribution in [0.15, 0.2) is 0 Å². The molecule has 0 spiro atoms. The predicted molar refractivity (Wildman–Crippen MR) is 90.0 cm³/mol. The largest absolute Gasteiger partial charge is 0.377 e. The summed E-state index contributed by atoms with van der Waals surface area (Å²) in [4.78, 5) is 14.4. The van der Waals surface area contributed by atoms with E-state index in [2.05, 4.69) is 26.1 Å². The van der Waals surface area contributed by atoms with Crippen LogP contribution in [0.3, 0.4) is 0 Å². The van der Waals surface area contributed by atoms with Gasteiger partial charge in [0, 0.05) is 32.2 Å². The molecule has 0 aromatic carbocycles. The molecule has 2 aliphatic rings. The number of rotatable bonds is 2. The predicted octanol–water partition coefficient (Wildman–Crippen LogP) is 3.80. The zero-order valence-corrected chi connectivity index (χ0v) is 14.7.